The van der Waals surface area contributed by atoms with Gasteiger partial charge in [-0.15, -0.1) is 0 Å². The van der Waals surface area contributed by atoms with Crippen molar-refractivity contribution in [2.75, 3.05) is 7.11 Å². The van der Waals surface area contributed by atoms with Gasteiger partial charge < -0.3 is 9.84 Å². The highest BCUT2D eigenvalue weighted by Gasteiger charge is 2.24. The molecule has 0 atom stereocenters. The lowest BCUT2D eigenvalue weighted by Crippen LogP contribution is -2.18. The van der Waals surface area contributed by atoms with Gasteiger partial charge in [-0.05, 0) is 48.3 Å². The summed E-state index contributed by atoms with van der Waals surface area (Å²) in [6.07, 6.45) is 13.7. The number of hydrogen-bond donors (Lipinski definition) is 1. The second-order valence-corrected chi connectivity index (χ2v) is 8.39. The van der Waals surface area contributed by atoms with Crippen molar-refractivity contribution < 1.29 is 14.6 Å². The Hall–Kier alpha value is -1.51. The predicted octanol–water partition coefficient (Wildman–Crippen LogP) is 6.70. The molecule has 1 rings (SSSR count). The minimum atomic E-state index is -0.168. The largest absolute Gasteiger partial charge is 0.508 e. The summed E-state index contributed by atoms with van der Waals surface area (Å²) in [6.45, 7) is 6.53. The first-order valence-electron chi connectivity index (χ1n) is 10.8. The molecule has 0 saturated carbocycles. The highest BCUT2D eigenvalue weighted by molar-refractivity contribution is 5.69. The molecule has 0 aliphatic carbocycles. The average molecular weight is 377 g/mol. The number of phenolic OH excluding ortho intramolecular Hbond substituents is 1. The Bertz CT molecular complexity index is 549. The monoisotopic (exact) mass is 376 g/mol. The van der Waals surface area contributed by atoms with Crippen LogP contribution in [0.5, 0.6) is 5.75 Å². The van der Waals surface area contributed by atoms with Crippen molar-refractivity contribution in [2.45, 2.75) is 103 Å². The Kier molecular flexibility index (Phi) is 11.2. The van der Waals surface area contributed by atoms with Crippen LogP contribution in [-0.2, 0) is 21.4 Å². The van der Waals surface area contributed by atoms with Crippen LogP contribution >= 0.6 is 0 Å². The van der Waals surface area contributed by atoms with Crippen LogP contribution < -0.4 is 0 Å². The molecular formula is C24H40O3. The van der Waals surface area contributed by atoms with Gasteiger partial charge in [0, 0.05) is 6.42 Å². The van der Waals surface area contributed by atoms with E-state index in [1.165, 1.54) is 64.0 Å². The third-order valence-corrected chi connectivity index (χ3v) is 5.52. The fraction of sp³-hybridized carbons (Fsp3) is 0.708. The van der Waals surface area contributed by atoms with Crippen LogP contribution in [0, 0.1) is 0 Å². The molecule has 1 aromatic carbocycles. The number of esters is 1. The van der Waals surface area contributed by atoms with Crippen molar-refractivity contribution >= 4 is 5.97 Å². The van der Waals surface area contributed by atoms with E-state index >= 15 is 0 Å². The molecule has 0 saturated heterocycles. The standard InChI is InChI=1S/C24H40O3/c1-5-6-7-8-9-10-11-12-14-20-16-17-22(25)21(19-20)24(2,3)18-13-15-23(26)27-4/h16-17,19,25H,5-15,18H2,1-4H3. The summed E-state index contributed by atoms with van der Waals surface area (Å²) < 4.78 is 4.72. The maximum absolute atomic E-state index is 11.3. The molecule has 0 amide bonds. The van der Waals surface area contributed by atoms with Gasteiger partial charge in [-0.25, -0.2) is 0 Å². The molecule has 0 heterocycles. The molecular weight excluding hydrogens is 336 g/mol. The van der Waals surface area contributed by atoms with Crippen LogP contribution in [0.15, 0.2) is 18.2 Å². The van der Waals surface area contributed by atoms with E-state index in [0.717, 1.165) is 24.8 Å². The SMILES string of the molecule is CCCCCCCCCCc1ccc(O)c(C(C)(C)CCCC(=O)OC)c1. The van der Waals surface area contributed by atoms with Gasteiger partial charge in [0.05, 0.1) is 7.11 Å². The molecule has 0 aromatic heterocycles. The van der Waals surface area contributed by atoms with E-state index in [1.807, 2.05) is 12.1 Å². The Labute approximate surface area is 166 Å². The van der Waals surface area contributed by atoms with Crippen LogP contribution in [0.25, 0.3) is 0 Å². The Morgan fingerprint density at radius 3 is 2.26 bits per heavy atom. The lowest BCUT2D eigenvalue weighted by atomic mass is 9.79. The normalized spacial score (nSPS) is 11.6. The molecule has 1 N–H and O–H groups in total. The topological polar surface area (TPSA) is 46.5 Å². The maximum atomic E-state index is 11.3. The van der Waals surface area contributed by atoms with Gasteiger partial charge in [0.2, 0.25) is 0 Å². The van der Waals surface area contributed by atoms with Crippen LogP contribution in [0.1, 0.15) is 103 Å². The number of hydrogen-bond acceptors (Lipinski definition) is 3. The number of aromatic hydroxyl groups is 1. The van der Waals surface area contributed by atoms with E-state index in [-0.39, 0.29) is 11.4 Å². The second kappa shape index (κ2) is 12.8. The van der Waals surface area contributed by atoms with Crippen molar-refractivity contribution in [3.05, 3.63) is 29.3 Å². The van der Waals surface area contributed by atoms with E-state index in [0.29, 0.717) is 12.2 Å². The number of methoxy groups -OCH3 is 1. The van der Waals surface area contributed by atoms with Gasteiger partial charge in [-0.1, -0.05) is 77.8 Å². The molecule has 3 heteroatoms. The van der Waals surface area contributed by atoms with Crippen molar-refractivity contribution in [1.82, 2.24) is 0 Å². The summed E-state index contributed by atoms with van der Waals surface area (Å²) in [5.74, 6) is 0.191. The summed E-state index contributed by atoms with van der Waals surface area (Å²) in [7, 11) is 1.42. The van der Waals surface area contributed by atoms with E-state index in [4.69, 9.17) is 4.74 Å². The first-order valence-corrected chi connectivity index (χ1v) is 10.8. The summed E-state index contributed by atoms with van der Waals surface area (Å²) in [5, 5.41) is 10.3. The van der Waals surface area contributed by atoms with Gasteiger partial charge in [0.15, 0.2) is 0 Å². The zero-order valence-electron chi connectivity index (χ0n) is 18.0. The van der Waals surface area contributed by atoms with Gasteiger partial charge in [-0.3, -0.25) is 4.79 Å². The third kappa shape index (κ3) is 9.30. The average Bonchev–Trinajstić information content (AvgIpc) is 2.64. The predicted molar refractivity (Wildman–Crippen MR) is 113 cm³/mol. The molecule has 27 heavy (non-hydrogen) atoms. The van der Waals surface area contributed by atoms with Gasteiger partial charge >= 0.3 is 5.97 Å². The van der Waals surface area contributed by atoms with Crippen molar-refractivity contribution in [3.8, 4) is 5.75 Å². The molecule has 0 bridgehead atoms. The van der Waals surface area contributed by atoms with E-state index in [9.17, 15) is 9.90 Å². The van der Waals surface area contributed by atoms with Gasteiger partial charge in [-0.2, -0.15) is 0 Å². The zero-order valence-corrected chi connectivity index (χ0v) is 18.0. The van der Waals surface area contributed by atoms with E-state index in [1.54, 1.807) is 0 Å². The lowest BCUT2D eigenvalue weighted by Gasteiger charge is -2.26. The number of aryl methyl sites for hydroxylation is 1. The quantitative estimate of drug-likeness (QED) is 0.290. The number of carbonyl (C=O) groups is 1. The van der Waals surface area contributed by atoms with Crippen LogP contribution in [0.2, 0.25) is 0 Å². The highest BCUT2D eigenvalue weighted by Crippen LogP contribution is 2.36. The zero-order chi connectivity index (χ0) is 20.1. The fourth-order valence-corrected chi connectivity index (χ4v) is 3.66. The molecule has 0 radical (unpaired) electrons. The Morgan fingerprint density at radius 2 is 1.63 bits per heavy atom. The van der Waals surface area contributed by atoms with E-state index < -0.39 is 0 Å². The number of ether oxygens (including phenoxy) is 1. The van der Waals surface area contributed by atoms with Crippen LogP contribution in [0.4, 0.5) is 0 Å². The van der Waals surface area contributed by atoms with E-state index in [2.05, 4.69) is 26.8 Å². The number of benzene rings is 1. The van der Waals surface area contributed by atoms with Crippen molar-refractivity contribution in [2.24, 2.45) is 0 Å². The first kappa shape index (κ1) is 23.5. The number of phenols is 1. The maximum Gasteiger partial charge on any atom is 0.305 e. The Morgan fingerprint density at radius 1 is 1.00 bits per heavy atom. The molecule has 0 aliphatic rings. The van der Waals surface area contributed by atoms with Crippen LogP contribution in [-0.4, -0.2) is 18.2 Å². The lowest BCUT2D eigenvalue weighted by molar-refractivity contribution is -0.140. The minimum Gasteiger partial charge on any atom is -0.508 e. The fourth-order valence-electron chi connectivity index (χ4n) is 3.66. The van der Waals surface area contributed by atoms with Crippen molar-refractivity contribution in [1.29, 1.82) is 0 Å². The van der Waals surface area contributed by atoms with Crippen molar-refractivity contribution in [3.63, 3.8) is 0 Å². The van der Waals surface area contributed by atoms with Crippen LogP contribution in [0.3, 0.4) is 0 Å². The van der Waals surface area contributed by atoms with Gasteiger partial charge in [0.1, 0.15) is 5.75 Å². The summed E-state index contributed by atoms with van der Waals surface area (Å²) in [5.41, 5.74) is 2.13. The van der Waals surface area contributed by atoms with Gasteiger partial charge in [0.25, 0.3) is 0 Å². The summed E-state index contributed by atoms with van der Waals surface area (Å²) in [6, 6.07) is 6.04. The molecule has 154 valence electrons. The molecule has 0 unspecified atom stereocenters. The molecule has 1 aromatic rings. The molecule has 3 nitrogen and oxygen atoms in total. The number of unbranched alkanes of at least 4 members (excludes halogenated alkanes) is 7. The smallest absolute Gasteiger partial charge is 0.305 e. The number of rotatable bonds is 14. The first-order chi connectivity index (χ1) is 12.9. The minimum absolute atomic E-state index is 0.159. The summed E-state index contributed by atoms with van der Waals surface area (Å²) >= 11 is 0. The third-order valence-electron chi connectivity index (χ3n) is 5.52. The highest BCUT2D eigenvalue weighted by atomic mass is 16.5. The molecule has 0 fully saturated rings. The Balaban J connectivity index is 2.47. The molecule has 0 aliphatic heterocycles. The number of carbonyl (C=O) groups excluding carboxylic acids is 1. The summed E-state index contributed by atoms with van der Waals surface area (Å²) in [4.78, 5) is 11.3. The molecule has 0 spiro atoms. The second-order valence-electron chi connectivity index (χ2n) is 8.39.